The first kappa shape index (κ1) is 18.8. The first-order chi connectivity index (χ1) is 13.1. The van der Waals surface area contributed by atoms with Crippen molar-refractivity contribution in [3.63, 3.8) is 0 Å². The van der Waals surface area contributed by atoms with Gasteiger partial charge < -0.3 is 19.5 Å². The second-order valence-corrected chi connectivity index (χ2v) is 6.37. The number of rotatable bonds is 6. The van der Waals surface area contributed by atoms with Crippen LogP contribution >= 0.6 is 12.2 Å². The SMILES string of the molecule is Cc1cccc(OCCC(=O)NNC(=S)NCc2ccc3c(c2)OCO3)c1. The molecule has 0 bridgehead atoms. The van der Waals surface area contributed by atoms with Crippen LogP contribution in [0.5, 0.6) is 17.2 Å². The lowest BCUT2D eigenvalue weighted by Gasteiger charge is -2.12. The van der Waals surface area contributed by atoms with E-state index in [1.165, 1.54) is 0 Å². The highest BCUT2D eigenvalue weighted by molar-refractivity contribution is 7.80. The Morgan fingerprint density at radius 3 is 2.85 bits per heavy atom. The Morgan fingerprint density at radius 2 is 2.00 bits per heavy atom. The summed E-state index contributed by atoms with van der Waals surface area (Å²) in [5, 5.41) is 3.33. The summed E-state index contributed by atoms with van der Waals surface area (Å²) in [6.07, 6.45) is 0.214. The molecule has 1 aliphatic rings. The Balaban J connectivity index is 1.32. The maximum atomic E-state index is 11.8. The van der Waals surface area contributed by atoms with E-state index in [9.17, 15) is 4.79 Å². The third-order valence-electron chi connectivity index (χ3n) is 3.79. The Kier molecular flexibility index (Phi) is 6.32. The summed E-state index contributed by atoms with van der Waals surface area (Å²) in [5.41, 5.74) is 7.31. The zero-order chi connectivity index (χ0) is 19.1. The molecule has 2 aromatic rings. The third kappa shape index (κ3) is 5.75. The second kappa shape index (κ2) is 9.09. The number of carbonyl (C=O) groups is 1. The van der Waals surface area contributed by atoms with Crippen molar-refractivity contribution in [2.75, 3.05) is 13.4 Å². The molecule has 0 aliphatic carbocycles. The van der Waals surface area contributed by atoms with Crippen LogP contribution in [0.3, 0.4) is 0 Å². The summed E-state index contributed by atoms with van der Waals surface area (Å²) in [4.78, 5) is 11.8. The van der Waals surface area contributed by atoms with Crippen LogP contribution < -0.4 is 30.4 Å². The van der Waals surface area contributed by atoms with Crippen LogP contribution in [0.25, 0.3) is 0 Å². The molecule has 0 atom stereocenters. The van der Waals surface area contributed by atoms with E-state index in [-0.39, 0.29) is 25.7 Å². The smallest absolute Gasteiger partial charge is 0.241 e. The Morgan fingerprint density at radius 1 is 1.15 bits per heavy atom. The molecule has 0 saturated carbocycles. The summed E-state index contributed by atoms with van der Waals surface area (Å²) < 4.78 is 16.2. The molecule has 0 radical (unpaired) electrons. The molecule has 2 aromatic carbocycles. The second-order valence-electron chi connectivity index (χ2n) is 5.96. The standard InChI is InChI=1S/C19H21N3O4S/c1-13-3-2-4-15(9-13)24-8-7-18(23)21-22-19(27)20-11-14-5-6-16-17(10-14)26-12-25-16/h2-6,9-10H,7-8,11-12H2,1H3,(H,21,23)(H2,20,22,27). The fraction of sp³-hybridized carbons (Fsp3) is 0.263. The fourth-order valence-corrected chi connectivity index (χ4v) is 2.56. The van der Waals surface area contributed by atoms with Crippen molar-refractivity contribution in [1.29, 1.82) is 0 Å². The summed E-state index contributed by atoms with van der Waals surface area (Å²) in [7, 11) is 0. The van der Waals surface area contributed by atoms with E-state index in [0.29, 0.717) is 11.7 Å². The van der Waals surface area contributed by atoms with Crippen molar-refractivity contribution >= 4 is 23.2 Å². The highest BCUT2D eigenvalue weighted by Crippen LogP contribution is 2.32. The van der Waals surface area contributed by atoms with Crippen LogP contribution in [-0.4, -0.2) is 24.4 Å². The average molecular weight is 387 g/mol. The minimum atomic E-state index is -0.213. The molecular formula is C19H21N3O4S. The molecule has 0 aromatic heterocycles. The van der Waals surface area contributed by atoms with Gasteiger partial charge in [0, 0.05) is 6.54 Å². The normalized spacial score (nSPS) is 11.6. The van der Waals surface area contributed by atoms with Crippen LogP contribution in [0.15, 0.2) is 42.5 Å². The number of ether oxygens (including phenoxy) is 3. The Labute approximate surface area is 163 Å². The molecule has 0 spiro atoms. The van der Waals surface area contributed by atoms with Gasteiger partial charge in [-0.2, -0.15) is 0 Å². The molecule has 0 fully saturated rings. The van der Waals surface area contributed by atoms with E-state index in [1.807, 2.05) is 49.4 Å². The highest BCUT2D eigenvalue weighted by Gasteiger charge is 2.13. The van der Waals surface area contributed by atoms with Crippen molar-refractivity contribution in [3.05, 3.63) is 53.6 Å². The van der Waals surface area contributed by atoms with Gasteiger partial charge in [-0.25, -0.2) is 0 Å². The van der Waals surface area contributed by atoms with Gasteiger partial charge in [-0.05, 0) is 54.5 Å². The molecule has 27 heavy (non-hydrogen) atoms. The minimum absolute atomic E-state index is 0.213. The van der Waals surface area contributed by atoms with Gasteiger partial charge in [0.25, 0.3) is 0 Å². The molecule has 0 saturated heterocycles. The van der Waals surface area contributed by atoms with Crippen molar-refractivity contribution in [2.45, 2.75) is 19.9 Å². The van der Waals surface area contributed by atoms with Gasteiger partial charge >= 0.3 is 0 Å². The lowest BCUT2D eigenvalue weighted by molar-refractivity contribution is -0.122. The quantitative estimate of drug-likeness (QED) is 0.518. The number of aryl methyl sites for hydroxylation is 1. The van der Waals surface area contributed by atoms with Crippen molar-refractivity contribution in [2.24, 2.45) is 0 Å². The fourth-order valence-electron chi connectivity index (χ4n) is 2.43. The highest BCUT2D eigenvalue weighted by atomic mass is 32.1. The molecule has 1 heterocycles. The molecule has 7 nitrogen and oxygen atoms in total. The van der Waals surface area contributed by atoms with Gasteiger partial charge in [-0.3, -0.25) is 15.6 Å². The van der Waals surface area contributed by atoms with Crippen molar-refractivity contribution in [1.82, 2.24) is 16.2 Å². The minimum Gasteiger partial charge on any atom is -0.493 e. The van der Waals surface area contributed by atoms with Crippen LogP contribution in [0.1, 0.15) is 17.5 Å². The molecule has 8 heteroatoms. The summed E-state index contributed by atoms with van der Waals surface area (Å²) in [6, 6.07) is 13.3. The molecular weight excluding hydrogens is 366 g/mol. The molecule has 0 unspecified atom stereocenters. The summed E-state index contributed by atoms with van der Waals surface area (Å²) in [6.45, 7) is 3.01. The van der Waals surface area contributed by atoms with Crippen LogP contribution in [0, 0.1) is 6.92 Å². The monoisotopic (exact) mass is 387 g/mol. The lowest BCUT2D eigenvalue weighted by atomic mass is 10.2. The van der Waals surface area contributed by atoms with E-state index in [2.05, 4.69) is 16.2 Å². The van der Waals surface area contributed by atoms with Gasteiger partial charge in [0.1, 0.15) is 5.75 Å². The maximum absolute atomic E-state index is 11.8. The molecule has 142 valence electrons. The number of carbonyl (C=O) groups excluding carboxylic acids is 1. The van der Waals surface area contributed by atoms with E-state index < -0.39 is 0 Å². The lowest BCUT2D eigenvalue weighted by Crippen LogP contribution is -2.46. The summed E-state index contributed by atoms with van der Waals surface area (Å²) in [5.74, 6) is 1.99. The number of hydrogen-bond acceptors (Lipinski definition) is 5. The van der Waals surface area contributed by atoms with E-state index in [1.54, 1.807) is 0 Å². The number of thiocarbonyl (C=S) groups is 1. The molecule has 3 N–H and O–H groups in total. The van der Waals surface area contributed by atoms with Crippen LogP contribution in [-0.2, 0) is 11.3 Å². The zero-order valence-corrected chi connectivity index (χ0v) is 15.7. The van der Waals surface area contributed by atoms with E-state index in [0.717, 1.165) is 28.4 Å². The number of fused-ring (bicyclic) bond motifs is 1. The van der Waals surface area contributed by atoms with Crippen LogP contribution in [0.4, 0.5) is 0 Å². The first-order valence-electron chi connectivity index (χ1n) is 8.51. The number of amides is 1. The van der Waals surface area contributed by atoms with E-state index in [4.69, 9.17) is 26.4 Å². The topological polar surface area (TPSA) is 80.9 Å². The number of benzene rings is 2. The number of hydrazine groups is 1. The molecule has 1 amide bonds. The maximum Gasteiger partial charge on any atom is 0.241 e. The van der Waals surface area contributed by atoms with Crippen molar-refractivity contribution in [3.8, 4) is 17.2 Å². The predicted octanol–water partition coefficient (Wildman–Crippen LogP) is 2.19. The zero-order valence-electron chi connectivity index (χ0n) is 14.9. The largest absolute Gasteiger partial charge is 0.493 e. The average Bonchev–Trinajstić information content (AvgIpc) is 3.12. The van der Waals surface area contributed by atoms with Crippen LogP contribution in [0.2, 0.25) is 0 Å². The Bertz CT molecular complexity index is 828. The first-order valence-corrected chi connectivity index (χ1v) is 8.91. The third-order valence-corrected chi connectivity index (χ3v) is 4.04. The van der Waals surface area contributed by atoms with Gasteiger partial charge in [-0.1, -0.05) is 18.2 Å². The van der Waals surface area contributed by atoms with Gasteiger partial charge in [0.2, 0.25) is 12.7 Å². The Hall–Kier alpha value is -3.00. The number of nitrogens with one attached hydrogen (secondary N) is 3. The molecule has 3 rings (SSSR count). The van der Waals surface area contributed by atoms with Gasteiger partial charge in [-0.15, -0.1) is 0 Å². The molecule has 1 aliphatic heterocycles. The number of hydrogen-bond donors (Lipinski definition) is 3. The van der Waals surface area contributed by atoms with Gasteiger partial charge in [0.15, 0.2) is 16.6 Å². The predicted molar refractivity (Wildman–Crippen MR) is 105 cm³/mol. The summed E-state index contributed by atoms with van der Waals surface area (Å²) >= 11 is 5.15. The van der Waals surface area contributed by atoms with Gasteiger partial charge in [0.05, 0.1) is 13.0 Å². The van der Waals surface area contributed by atoms with E-state index >= 15 is 0 Å². The van der Waals surface area contributed by atoms with Crippen molar-refractivity contribution < 1.29 is 19.0 Å².